The summed E-state index contributed by atoms with van der Waals surface area (Å²) in [7, 11) is 0. The molecular weight excluding hydrogens is 198 g/mol. The second-order valence-corrected chi connectivity index (χ2v) is 4.95. The van der Waals surface area contributed by atoms with Crippen molar-refractivity contribution >= 4 is 17.4 Å². The number of nitrogen functional groups attached to an aromatic ring is 1. The smallest absolute Gasteiger partial charge is 0.164 e. The summed E-state index contributed by atoms with van der Waals surface area (Å²) in [5, 5.41) is 4.67. The molecule has 0 spiro atoms. The van der Waals surface area contributed by atoms with Crippen LogP contribution in [0.3, 0.4) is 0 Å². The Balaban J connectivity index is 1.80. The molecule has 1 aliphatic carbocycles. The molecule has 0 amide bonds. The Morgan fingerprint density at radius 2 is 2.36 bits per heavy atom. The van der Waals surface area contributed by atoms with E-state index in [0.29, 0.717) is 16.3 Å². The zero-order chi connectivity index (χ0) is 10.2. The van der Waals surface area contributed by atoms with Crippen molar-refractivity contribution in [3.8, 4) is 0 Å². The van der Waals surface area contributed by atoms with Crippen LogP contribution in [0.1, 0.15) is 32.6 Å². The molecule has 2 rings (SSSR count). The van der Waals surface area contributed by atoms with Crippen molar-refractivity contribution in [3.63, 3.8) is 0 Å². The van der Waals surface area contributed by atoms with E-state index in [0.717, 1.165) is 13.0 Å². The molecule has 1 aromatic rings. The van der Waals surface area contributed by atoms with Crippen molar-refractivity contribution in [1.82, 2.24) is 9.78 Å². The fourth-order valence-corrected chi connectivity index (χ4v) is 1.81. The van der Waals surface area contributed by atoms with Gasteiger partial charge in [-0.1, -0.05) is 18.5 Å². The molecule has 0 aromatic carbocycles. The molecule has 78 valence electrons. The van der Waals surface area contributed by atoms with Crippen molar-refractivity contribution < 1.29 is 0 Å². The third kappa shape index (κ3) is 2.21. The Hall–Kier alpha value is -0.700. The highest BCUT2D eigenvalue weighted by atomic mass is 35.5. The normalized spacial score (nSPS) is 18.4. The first kappa shape index (κ1) is 9.84. The van der Waals surface area contributed by atoms with Crippen LogP contribution >= 0.6 is 11.6 Å². The molecule has 2 N–H and O–H groups in total. The monoisotopic (exact) mass is 213 g/mol. The second-order valence-electron chi connectivity index (χ2n) is 4.54. The molecule has 0 bridgehead atoms. The molecule has 0 saturated heterocycles. The highest BCUT2D eigenvalue weighted by Crippen LogP contribution is 2.48. The Morgan fingerprint density at radius 1 is 1.64 bits per heavy atom. The minimum atomic E-state index is 0.435. The fourth-order valence-electron chi connectivity index (χ4n) is 1.66. The number of nitrogens with two attached hydrogens (primary N) is 1. The predicted molar refractivity (Wildman–Crippen MR) is 58.2 cm³/mol. The third-order valence-corrected chi connectivity index (χ3v) is 3.31. The van der Waals surface area contributed by atoms with Crippen LogP contribution in [0.2, 0.25) is 5.02 Å². The summed E-state index contributed by atoms with van der Waals surface area (Å²) in [6.07, 6.45) is 7.01. The Labute approximate surface area is 89.2 Å². The minimum absolute atomic E-state index is 0.435. The van der Waals surface area contributed by atoms with E-state index in [4.69, 9.17) is 17.3 Å². The van der Waals surface area contributed by atoms with Gasteiger partial charge >= 0.3 is 0 Å². The van der Waals surface area contributed by atoms with Gasteiger partial charge in [0.2, 0.25) is 0 Å². The number of hydrogen-bond donors (Lipinski definition) is 1. The van der Waals surface area contributed by atoms with Crippen LogP contribution in [0.25, 0.3) is 0 Å². The Morgan fingerprint density at radius 3 is 2.86 bits per heavy atom. The summed E-state index contributed by atoms with van der Waals surface area (Å²) in [5.41, 5.74) is 6.17. The van der Waals surface area contributed by atoms with E-state index in [-0.39, 0.29) is 0 Å². The van der Waals surface area contributed by atoms with Gasteiger partial charge in [-0.05, 0) is 31.1 Å². The van der Waals surface area contributed by atoms with Crippen LogP contribution in [0.5, 0.6) is 0 Å². The van der Waals surface area contributed by atoms with Gasteiger partial charge in [0.05, 0.1) is 0 Å². The van der Waals surface area contributed by atoms with Gasteiger partial charge in [0.15, 0.2) is 5.82 Å². The molecule has 1 aromatic heterocycles. The topological polar surface area (TPSA) is 43.8 Å². The summed E-state index contributed by atoms with van der Waals surface area (Å²) in [5.74, 6) is 0.435. The molecule has 4 heteroatoms. The minimum Gasteiger partial charge on any atom is -0.381 e. The van der Waals surface area contributed by atoms with Gasteiger partial charge in [-0.3, -0.25) is 4.68 Å². The van der Waals surface area contributed by atoms with Gasteiger partial charge in [0.25, 0.3) is 0 Å². The van der Waals surface area contributed by atoms with E-state index >= 15 is 0 Å². The molecule has 0 radical (unpaired) electrons. The van der Waals surface area contributed by atoms with Crippen molar-refractivity contribution in [2.75, 3.05) is 5.73 Å². The van der Waals surface area contributed by atoms with E-state index in [1.807, 2.05) is 4.68 Å². The van der Waals surface area contributed by atoms with E-state index in [9.17, 15) is 0 Å². The Bertz CT molecular complexity index is 309. The average Bonchev–Trinajstić information content (AvgIpc) is 2.75. The number of halogens is 1. The first-order valence-corrected chi connectivity index (χ1v) is 5.45. The number of aryl methyl sites for hydroxylation is 1. The summed E-state index contributed by atoms with van der Waals surface area (Å²) in [6, 6.07) is 0. The first-order valence-electron chi connectivity index (χ1n) is 5.08. The number of hydrogen-bond acceptors (Lipinski definition) is 2. The van der Waals surface area contributed by atoms with Gasteiger partial charge in [-0.2, -0.15) is 5.10 Å². The number of anilines is 1. The van der Waals surface area contributed by atoms with E-state index < -0.39 is 0 Å². The molecule has 1 saturated carbocycles. The van der Waals surface area contributed by atoms with Gasteiger partial charge in [0.1, 0.15) is 5.02 Å². The SMILES string of the molecule is CC1(CCCn2cc(Cl)c(N)n2)CC1. The second kappa shape index (κ2) is 3.46. The van der Waals surface area contributed by atoms with E-state index in [2.05, 4.69) is 12.0 Å². The summed E-state index contributed by atoms with van der Waals surface area (Å²) in [6.45, 7) is 3.27. The maximum atomic E-state index is 5.80. The summed E-state index contributed by atoms with van der Waals surface area (Å²) >= 11 is 5.80. The highest BCUT2D eigenvalue weighted by molar-refractivity contribution is 6.32. The maximum Gasteiger partial charge on any atom is 0.164 e. The molecular formula is C10H16ClN3. The molecule has 1 heterocycles. The maximum absolute atomic E-state index is 5.80. The zero-order valence-corrected chi connectivity index (χ0v) is 9.22. The van der Waals surface area contributed by atoms with Crippen molar-refractivity contribution in [3.05, 3.63) is 11.2 Å². The molecule has 0 aliphatic heterocycles. The standard InChI is InChI=1S/C10H16ClN3/c1-10(4-5-10)3-2-6-14-7-8(11)9(12)13-14/h7H,2-6H2,1H3,(H2,12,13). The lowest BCUT2D eigenvalue weighted by atomic mass is 10.0. The van der Waals surface area contributed by atoms with Crippen molar-refractivity contribution in [2.24, 2.45) is 5.41 Å². The molecule has 0 atom stereocenters. The van der Waals surface area contributed by atoms with Crippen LogP contribution in [0.15, 0.2) is 6.20 Å². The molecule has 1 fully saturated rings. The molecule has 14 heavy (non-hydrogen) atoms. The first-order chi connectivity index (χ1) is 6.59. The van der Waals surface area contributed by atoms with Crippen LogP contribution in [-0.2, 0) is 6.54 Å². The average molecular weight is 214 g/mol. The van der Waals surface area contributed by atoms with Gasteiger partial charge < -0.3 is 5.73 Å². The lowest BCUT2D eigenvalue weighted by Crippen LogP contribution is -2.02. The van der Waals surface area contributed by atoms with Gasteiger partial charge in [0, 0.05) is 12.7 Å². The van der Waals surface area contributed by atoms with Crippen molar-refractivity contribution in [2.45, 2.75) is 39.2 Å². The zero-order valence-electron chi connectivity index (χ0n) is 8.46. The molecule has 3 nitrogen and oxygen atoms in total. The van der Waals surface area contributed by atoms with Gasteiger partial charge in [-0.25, -0.2) is 0 Å². The van der Waals surface area contributed by atoms with E-state index in [1.165, 1.54) is 19.3 Å². The fraction of sp³-hybridized carbons (Fsp3) is 0.700. The number of rotatable bonds is 4. The number of nitrogens with zero attached hydrogens (tertiary/aromatic N) is 2. The lowest BCUT2D eigenvalue weighted by Gasteiger charge is -2.06. The van der Waals surface area contributed by atoms with Gasteiger partial charge in [-0.15, -0.1) is 0 Å². The van der Waals surface area contributed by atoms with Crippen LogP contribution in [0.4, 0.5) is 5.82 Å². The quantitative estimate of drug-likeness (QED) is 0.836. The lowest BCUT2D eigenvalue weighted by molar-refractivity contribution is 0.451. The van der Waals surface area contributed by atoms with Crippen LogP contribution in [0, 0.1) is 5.41 Å². The largest absolute Gasteiger partial charge is 0.381 e. The Kier molecular flexibility index (Phi) is 2.43. The third-order valence-electron chi connectivity index (χ3n) is 3.01. The van der Waals surface area contributed by atoms with Crippen molar-refractivity contribution in [1.29, 1.82) is 0 Å². The predicted octanol–water partition coefficient (Wildman–Crippen LogP) is 2.70. The van der Waals surface area contributed by atoms with Crippen LogP contribution < -0.4 is 5.73 Å². The van der Waals surface area contributed by atoms with E-state index in [1.54, 1.807) is 6.20 Å². The number of aromatic nitrogens is 2. The molecule has 1 aliphatic rings. The molecule has 0 unspecified atom stereocenters. The highest BCUT2D eigenvalue weighted by Gasteiger charge is 2.36. The summed E-state index contributed by atoms with van der Waals surface area (Å²) < 4.78 is 1.84. The van der Waals surface area contributed by atoms with Crippen LogP contribution in [-0.4, -0.2) is 9.78 Å². The summed E-state index contributed by atoms with van der Waals surface area (Å²) in [4.78, 5) is 0.